The van der Waals surface area contributed by atoms with Gasteiger partial charge in [0.1, 0.15) is 18.1 Å². The quantitative estimate of drug-likeness (QED) is 0.190. The highest BCUT2D eigenvalue weighted by atomic mass is 32.2. The van der Waals surface area contributed by atoms with E-state index < -0.39 is 35.9 Å². The van der Waals surface area contributed by atoms with Crippen molar-refractivity contribution in [2.24, 2.45) is 11.8 Å². The number of nitrogens with one attached hydrogen (secondary N) is 2. The lowest BCUT2D eigenvalue weighted by Gasteiger charge is -2.40. The van der Waals surface area contributed by atoms with Crippen molar-refractivity contribution in [3.05, 3.63) is 108 Å². The molecule has 0 aliphatic carbocycles. The number of hydrogen-bond donors (Lipinski definition) is 2. The zero-order chi connectivity index (χ0) is 39.3. The molecule has 298 valence electrons. The van der Waals surface area contributed by atoms with Gasteiger partial charge in [0, 0.05) is 24.9 Å². The summed E-state index contributed by atoms with van der Waals surface area (Å²) in [5, 5.41) is 6.15. The molecule has 3 aliphatic heterocycles. The fraction of sp³-hybridized carbons (Fsp3) is 0.489. The van der Waals surface area contributed by atoms with Gasteiger partial charge >= 0.3 is 5.97 Å². The molecule has 0 unspecified atom stereocenters. The average molecular weight is 781 g/mol. The third kappa shape index (κ3) is 11.0. The molecule has 3 saturated heterocycles. The van der Waals surface area contributed by atoms with Gasteiger partial charge in [-0.25, -0.2) is 4.79 Å². The maximum atomic E-state index is 14.3. The molecule has 3 aromatic carbocycles. The Kier molecular flexibility index (Phi) is 15.0. The lowest BCUT2D eigenvalue weighted by atomic mass is 9.86. The maximum Gasteiger partial charge on any atom is 0.328 e. The number of nitrogens with zero attached hydrogens (tertiary/aromatic N) is 2. The van der Waals surface area contributed by atoms with Gasteiger partial charge in [-0.1, -0.05) is 104 Å². The molecular formula is C45H56N4O6S. The van der Waals surface area contributed by atoms with E-state index in [2.05, 4.69) is 10.6 Å². The number of ether oxygens (including phenoxy) is 1. The van der Waals surface area contributed by atoms with Crippen LogP contribution >= 0.6 is 11.8 Å². The summed E-state index contributed by atoms with van der Waals surface area (Å²) in [5.41, 5.74) is 3.05. The molecule has 0 spiro atoms. The van der Waals surface area contributed by atoms with E-state index >= 15 is 0 Å². The predicted molar refractivity (Wildman–Crippen MR) is 218 cm³/mol. The van der Waals surface area contributed by atoms with Gasteiger partial charge in [-0.15, -0.1) is 11.8 Å². The van der Waals surface area contributed by atoms with Gasteiger partial charge in [0.05, 0.1) is 12.5 Å². The van der Waals surface area contributed by atoms with E-state index in [0.29, 0.717) is 63.8 Å². The first kappa shape index (κ1) is 41.0. The van der Waals surface area contributed by atoms with E-state index in [4.69, 9.17) is 4.74 Å². The summed E-state index contributed by atoms with van der Waals surface area (Å²) >= 11 is 1.66. The van der Waals surface area contributed by atoms with E-state index in [9.17, 15) is 24.0 Å². The van der Waals surface area contributed by atoms with Crippen LogP contribution in [-0.2, 0) is 48.1 Å². The number of amides is 4. The summed E-state index contributed by atoms with van der Waals surface area (Å²) < 4.78 is 5.08. The van der Waals surface area contributed by atoms with Crippen molar-refractivity contribution in [1.29, 1.82) is 0 Å². The number of carbonyl (C=O) groups excluding carboxylic acids is 5. The number of carbonyl (C=O) groups is 5. The Balaban J connectivity index is 1.19. The second-order valence-electron chi connectivity index (χ2n) is 15.4. The monoisotopic (exact) mass is 780 g/mol. The van der Waals surface area contributed by atoms with Crippen molar-refractivity contribution in [1.82, 2.24) is 20.4 Å². The molecule has 6 atom stereocenters. The first-order chi connectivity index (χ1) is 27.3. The first-order valence-corrected chi connectivity index (χ1v) is 21.4. The third-order valence-corrected chi connectivity index (χ3v) is 12.8. The fourth-order valence-electron chi connectivity index (χ4n) is 8.36. The number of thioether (sulfide) groups is 1. The van der Waals surface area contributed by atoms with Crippen molar-refractivity contribution in [3.63, 3.8) is 0 Å². The van der Waals surface area contributed by atoms with Crippen LogP contribution in [0.4, 0.5) is 0 Å². The van der Waals surface area contributed by atoms with Gasteiger partial charge in [-0.2, -0.15) is 0 Å². The van der Waals surface area contributed by atoms with E-state index in [1.807, 2.05) is 95.9 Å². The summed E-state index contributed by atoms with van der Waals surface area (Å²) in [5.74, 6) is -1.49. The molecule has 2 N–H and O–H groups in total. The van der Waals surface area contributed by atoms with Gasteiger partial charge in [-0.3, -0.25) is 19.2 Å². The fourth-order valence-corrected chi connectivity index (χ4v) is 9.75. The molecule has 3 aliphatic rings. The van der Waals surface area contributed by atoms with Crippen molar-refractivity contribution >= 4 is 41.4 Å². The smallest absolute Gasteiger partial charge is 0.328 e. The van der Waals surface area contributed by atoms with Gasteiger partial charge in [0.15, 0.2) is 0 Å². The van der Waals surface area contributed by atoms with Crippen LogP contribution in [0.2, 0.25) is 0 Å². The molecule has 56 heavy (non-hydrogen) atoms. The van der Waals surface area contributed by atoms with Gasteiger partial charge in [-0.05, 0) is 86.7 Å². The van der Waals surface area contributed by atoms with Gasteiger partial charge in [0.25, 0.3) is 0 Å². The molecule has 3 fully saturated rings. The molecule has 4 amide bonds. The topological polar surface area (TPSA) is 125 Å². The Hall–Kier alpha value is -4.64. The summed E-state index contributed by atoms with van der Waals surface area (Å²) in [6.45, 7) is 1.15. The molecule has 0 aromatic heterocycles. The molecule has 0 saturated carbocycles. The number of esters is 1. The van der Waals surface area contributed by atoms with Crippen LogP contribution in [0, 0.1) is 11.8 Å². The number of likely N-dealkylation sites (tertiary alicyclic amines) is 1. The van der Waals surface area contributed by atoms with Crippen molar-refractivity contribution in [2.45, 2.75) is 107 Å². The Morgan fingerprint density at radius 2 is 1.23 bits per heavy atom. The number of piperidine rings is 1. The van der Waals surface area contributed by atoms with E-state index in [1.165, 1.54) is 7.11 Å². The number of methoxy groups -OCH3 is 1. The van der Waals surface area contributed by atoms with Crippen LogP contribution in [0.1, 0.15) is 80.9 Å². The molecule has 3 heterocycles. The highest BCUT2D eigenvalue weighted by Gasteiger charge is 2.44. The molecule has 0 bridgehead atoms. The number of rotatable bonds is 14. The Morgan fingerprint density at radius 3 is 1.80 bits per heavy atom. The van der Waals surface area contributed by atoms with Crippen LogP contribution in [0.15, 0.2) is 91.0 Å². The average Bonchev–Trinajstić information content (AvgIpc) is 3.38. The van der Waals surface area contributed by atoms with E-state index in [-0.39, 0.29) is 29.0 Å². The minimum Gasteiger partial charge on any atom is -0.467 e. The molecule has 6 rings (SSSR count). The van der Waals surface area contributed by atoms with Crippen molar-refractivity contribution < 1.29 is 28.7 Å². The van der Waals surface area contributed by atoms with Crippen LogP contribution in [0.3, 0.4) is 0 Å². The zero-order valence-electron chi connectivity index (χ0n) is 32.5. The molecule has 11 heteroatoms. The van der Waals surface area contributed by atoms with Crippen LogP contribution in [-0.4, -0.2) is 82.3 Å². The summed E-state index contributed by atoms with van der Waals surface area (Å²) in [7, 11) is 1.34. The van der Waals surface area contributed by atoms with Crippen molar-refractivity contribution in [3.8, 4) is 0 Å². The standard InChI is InChI=1S/C45H56N4O6S/c1-55-45(54)39-22-14-23-40-49(39)44(53)38(26-28-56-40)47-42(51)36(30-33-17-8-3-9-18-33)25-24-35(29-32-15-6-2-7-16-32)41(50)46-37-21-12-5-13-27-48(43(37)52)31-34-19-10-4-11-20-34/h2-4,6-11,15-20,35-40H,5,12-14,21-31H2,1H3,(H,46,50)(H,47,51)/t35-,36-,37+,38+,39+,40+/m1/s1. The van der Waals surface area contributed by atoms with Crippen LogP contribution in [0.25, 0.3) is 0 Å². The second kappa shape index (κ2) is 20.5. The van der Waals surface area contributed by atoms with Gasteiger partial charge < -0.3 is 25.2 Å². The summed E-state index contributed by atoms with van der Waals surface area (Å²) in [6.07, 6.45) is 7.68. The number of fused-ring (bicyclic) bond motifs is 1. The Bertz CT molecular complexity index is 1760. The van der Waals surface area contributed by atoms with E-state index in [0.717, 1.165) is 48.8 Å². The summed E-state index contributed by atoms with van der Waals surface area (Å²) in [6, 6.07) is 27.5. The molecule has 10 nitrogen and oxygen atoms in total. The number of benzene rings is 3. The van der Waals surface area contributed by atoms with Gasteiger partial charge in [0.2, 0.25) is 23.6 Å². The molecule has 3 aromatic rings. The van der Waals surface area contributed by atoms with Crippen molar-refractivity contribution in [2.75, 3.05) is 19.4 Å². The second-order valence-corrected chi connectivity index (χ2v) is 16.7. The minimum absolute atomic E-state index is 0.0571. The van der Waals surface area contributed by atoms with Crippen LogP contribution in [0.5, 0.6) is 0 Å². The Labute approximate surface area is 335 Å². The minimum atomic E-state index is -0.767. The normalized spacial score (nSPS) is 22.7. The molecular weight excluding hydrogens is 725 g/mol. The lowest BCUT2D eigenvalue weighted by molar-refractivity contribution is -0.156. The highest BCUT2D eigenvalue weighted by molar-refractivity contribution is 7.99. The SMILES string of the molecule is COC(=O)[C@@H]1CCC[C@@H]2SCC[C@H](NC(=O)[C@H](CC[C@H](Cc3ccccc3)C(=O)N[C@H]3CCCCCN(Cc4ccccc4)C3=O)Cc3ccccc3)C(=O)N21. The first-order valence-electron chi connectivity index (χ1n) is 20.3. The third-order valence-electron chi connectivity index (χ3n) is 11.5. The zero-order valence-corrected chi connectivity index (χ0v) is 33.3. The largest absolute Gasteiger partial charge is 0.467 e. The van der Waals surface area contributed by atoms with Crippen LogP contribution < -0.4 is 10.6 Å². The highest BCUT2D eigenvalue weighted by Crippen LogP contribution is 2.35. The lowest BCUT2D eigenvalue weighted by Crippen LogP contribution is -2.57. The summed E-state index contributed by atoms with van der Waals surface area (Å²) in [4.78, 5) is 73.0. The number of hydrogen-bond acceptors (Lipinski definition) is 7. The molecule has 0 radical (unpaired) electrons. The Morgan fingerprint density at radius 1 is 0.679 bits per heavy atom. The van der Waals surface area contributed by atoms with E-state index in [1.54, 1.807) is 16.7 Å². The predicted octanol–water partition coefficient (Wildman–Crippen LogP) is 6.07. The maximum absolute atomic E-state index is 14.3.